The van der Waals surface area contributed by atoms with Gasteiger partial charge in [0.05, 0.1) is 35.8 Å². The fourth-order valence-corrected chi connectivity index (χ4v) is 5.81. The summed E-state index contributed by atoms with van der Waals surface area (Å²) < 4.78 is 20.5. The minimum Gasteiger partial charge on any atom is -0.491 e. The highest BCUT2D eigenvalue weighted by atomic mass is 28.4. The summed E-state index contributed by atoms with van der Waals surface area (Å²) in [7, 11) is 0.0893. The molecule has 0 bridgehead atoms. The molecule has 1 N–H and O–H groups in total. The Morgan fingerprint density at radius 1 is 1.30 bits per heavy atom. The molecule has 0 saturated carbocycles. The van der Waals surface area contributed by atoms with Crippen molar-refractivity contribution in [2.45, 2.75) is 71.2 Å². The second-order valence-corrected chi connectivity index (χ2v) is 16.4. The van der Waals surface area contributed by atoms with E-state index in [1.807, 2.05) is 36.0 Å². The third kappa shape index (κ3) is 6.22. The Balaban J connectivity index is 1.67. The van der Waals surface area contributed by atoms with Crippen molar-refractivity contribution in [3.63, 3.8) is 0 Å². The maximum Gasteiger partial charge on any atom is 0.222 e. The molecule has 0 spiro atoms. The Bertz CT molecular complexity index is 1280. The second kappa shape index (κ2) is 10.5. The summed E-state index contributed by atoms with van der Waals surface area (Å²) in [6.45, 7) is 16.7. The molecule has 1 saturated heterocycles. The van der Waals surface area contributed by atoms with Crippen LogP contribution in [0.15, 0.2) is 30.6 Å². The topological polar surface area (TPSA) is 87.5 Å². The Morgan fingerprint density at radius 2 is 2.05 bits per heavy atom. The third-order valence-electron chi connectivity index (χ3n) is 7.41. The van der Waals surface area contributed by atoms with Crippen molar-refractivity contribution in [2.75, 3.05) is 25.1 Å². The Hall–Kier alpha value is -2.75. The molecule has 4 heterocycles. The first kappa shape index (κ1) is 27.3. The molecule has 1 fully saturated rings. The number of hydrogen-bond acceptors (Lipinski definition) is 6. The lowest BCUT2D eigenvalue weighted by Crippen LogP contribution is -2.44. The molecule has 1 unspecified atom stereocenters. The SMILES string of the molecule is CC(=O)Nc1cc2c(-c3cc(OC[C@@H](C)O[Si](C)(C)C(C)(C)C)cc(C4CCOC4)n3)cn(C)c2cn1. The third-order valence-corrected chi connectivity index (χ3v) is 12.0. The number of amides is 1. The maximum absolute atomic E-state index is 11.6. The molecule has 4 rings (SSSR count). The number of nitrogens with zero attached hydrogens (tertiary/aromatic N) is 3. The molecule has 3 aromatic rings. The minimum atomic E-state index is -1.89. The number of rotatable bonds is 8. The van der Waals surface area contributed by atoms with Gasteiger partial charge in [-0.2, -0.15) is 0 Å². The number of ether oxygens (including phenoxy) is 2. The first-order valence-electron chi connectivity index (χ1n) is 13.0. The second-order valence-electron chi connectivity index (χ2n) is 11.6. The van der Waals surface area contributed by atoms with Crippen molar-refractivity contribution in [3.05, 3.63) is 36.3 Å². The van der Waals surface area contributed by atoms with E-state index in [0.717, 1.165) is 46.6 Å². The Labute approximate surface area is 220 Å². The fraction of sp³-hybridized carbons (Fsp3) is 0.536. The van der Waals surface area contributed by atoms with Gasteiger partial charge in [0.1, 0.15) is 18.2 Å². The predicted molar refractivity (Wildman–Crippen MR) is 150 cm³/mol. The lowest BCUT2D eigenvalue weighted by atomic mass is 10.0. The summed E-state index contributed by atoms with van der Waals surface area (Å²) in [4.78, 5) is 21.0. The number of fused-ring (bicyclic) bond motifs is 1. The molecule has 0 aromatic carbocycles. The zero-order chi connectivity index (χ0) is 27.0. The number of anilines is 1. The van der Waals surface area contributed by atoms with E-state index in [4.69, 9.17) is 18.9 Å². The van der Waals surface area contributed by atoms with Gasteiger partial charge in [0.25, 0.3) is 0 Å². The van der Waals surface area contributed by atoms with E-state index < -0.39 is 8.32 Å². The van der Waals surface area contributed by atoms with Crippen molar-refractivity contribution in [3.8, 4) is 17.0 Å². The van der Waals surface area contributed by atoms with Crippen molar-refractivity contribution >= 4 is 30.9 Å². The van der Waals surface area contributed by atoms with E-state index in [2.05, 4.69) is 51.1 Å². The predicted octanol–water partition coefficient (Wildman–Crippen LogP) is 5.89. The van der Waals surface area contributed by atoms with Crippen LogP contribution in [0, 0.1) is 0 Å². The summed E-state index contributed by atoms with van der Waals surface area (Å²) in [5, 5.41) is 3.89. The van der Waals surface area contributed by atoms with Gasteiger partial charge in [0.2, 0.25) is 5.91 Å². The molecule has 3 aromatic heterocycles. The van der Waals surface area contributed by atoms with Crippen LogP contribution in [0.1, 0.15) is 52.7 Å². The van der Waals surface area contributed by atoms with Crippen molar-refractivity contribution in [1.82, 2.24) is 14.5 Å². The highest BCUT2D eigenvalue weighted by molar-refractivity contribution is 6.74. The molecule has 0 aliphatic carbocycles. The number of nitrogens with one attached hydrogen (secondary N) is 1. The van der Waals surface area contributed by atoms with Crippen LogP contribution in [0.4, 0.5) is 5.82 Å². The van der Waals surface area contributed by atoms with Gasteiger partial charge in [-0.15, -0.1) is 0 Å². The van der Waals surface area contributed by atoms with Crippen LogP contribution in [0.2, 0.25) is 18.1 Å². The average molecular weight is 525 g/mol. The van der Waals surface area contributed by atoms with Gasteiger partial charge in [0, 0.05) is 55.8 Å². The van der Waals surface area contributed by atoms with E-state index in [9.17, 15) is 4.79 Å². The number of aromatic nitrogens is 3. The zero-order valence-corrected chi connectivity index (χ0v) is 24.3. The Kier molecular flexibility index (Phi) is 7.78. The molecule has 200 valence electrons. The minimum absolute atomic E-state index is 0.0281. The molecular weight excluding hydrogens is 484 g/mol. The van der Waals surface area contributed by atoms with Crippen LogP contribution < -0.4 is 10.1 Å². The van der Waals surface area contributed by atoms with Crippen LogP contribution in [-0.2, 0) is 21.0 Å². The smallest absolute Gasteiger partial charge is 0.222 e. The number of carbonyl (C=O) groups is 1. The number of carbonyl (C=O) groups excluding carboxylic acids is 1. The standard InChI is InChI=1S/C28H40N4O4Si/c1-18(36-37(7,8)28(3,4)5)16-35-21-11-24(20-9-10-34-17-20)31-25(12-21)23-15-32(6)26-14-29-27(13-22(23)26)30-19(2)33/h11-15,18,20H,9-10,16-17H2,1-8H3,(H,29,30,33)/t18-,20?/m1/s1. The van der Waals surface area contributed by atoms with E-state index in [-0.39, 0.29) is 23.0 Å². The van der Waals surface area contributed by atoms with Crippen LogP contribution in [0.5, 0.6) is 5.75 Å². The van der Waals surface area contributed by atoms with E-state index in [0.29, 0.717) is 19.0 Å². The van der Waals surface area contributed by atoms with E-state index in [1.165, 1.54) is 6.92 Å². The van der Waals surface area contributed by atoms with Gasteiger partial charge in [-0.05, 0) is 37.5 Å². The van der Waals surface area contributed by atoms with Gasteiger partial charge >= 0.3 is 0 Å². The van der Waals surface area contributed by atoms with E-state index >= 15 is 0 Å². The van der Waals surface area contributed by atoms with Gasteiger partial charge < -0.3 is 23.8 Å². The summed E-state index contributed by atoms with van der Waals surface area (Å²) >= 11 is 0. The van der Waals surface area contributed by atoms with Crippen LogP contribution in [0.3, 0.4) is 0 Å². The van der Waals surface area contributed by atoms with Crippen LogP contribution in [0.25, 0.3) is 22.2 Å². The quantitative estimate of drug-likeness (QED) is 0.370. The maximum atomic E-state index is 11.6. The van der Waals surface area contributed by atoms with Gasteiger partial charge in [-0.25, -0.2) is 4.98 Å². The molecule has 37 heavy (non-hydrogen) atoms. The largest absolute Gasteiger partial charge is 0.491 e. The molecule has 1 aliphatic rings. The number of pyridine rings is 2. The molecule has 2 atom stereocenters. The van der Waals surface area contributed by atoms with Crippen LogP contribution >= 0.6 is 0 Å². The van der Waals surface area contributed by atoms with Gasteiger partial charge in [-0.1, -0.05) is 20.8 Å². The normalized spacial score (nSPS) is 17.2. The molecule has 9 heteroatoms. The number of aryl methyl sites for hydroxylation is 1. The monoisotopic (exact) mass is 524 g/mol. The van der Waals surface area contributed by atoms with Gasteiger partial charge in [-0.3, -0.25) is 9.78 Å². The highest BCUT2D eigenvalue weighted by Gasteiger charge is 2.38. The fourth-order valence-electron chi connectivity index (χ4n) is 4.38. The highest BCUT2D eigenvalue weighted by Crippen LogP contribution is 2.38. The first-order valence-corrected chi connectivity index (χ1v) is 15.9. The summed E-state index contributed by atoms with van der Waals surface area (Å²) in [5.74, 6) is 1.36. The lowest BCUT2D eigenvalue weighted by Gasteiger charge is -2.38. The lowest BCUT2D eigenvalue weighted by molar-refractivity contribution is -0.114. The summed E-state index contributed by atoms with van der Waals surface area (Å²) in [5.41, 5.74) is 3.71. The van der Waals surface area contributed by atoms with Crippen molar-refractivity contribution in [1.29, 1.82) is 0 Å². The molecule has 1 aliphatic heterocycles. The zero-order valence-electron chi connectivity index (χ0n) is 23.3. The Morgan fingerprint density at radius 3 is 2.70 bits per heavy atom. The summed E-state index contributed by atoms with van der Waals surface area (Å²) in [6.07, 6.45) is 4.73. The van der Waals surface area contributed by atoms with Gasteiger partial charge in [0.15, 0.2) is 8.32 Å². The average Bonchev–Trinajstić information content (AvgIpc) is 3.45. The van der Waals surface area contributed by atoms with Crippen LogP contribution in [-0.4, -0.2) is 54.7 Å². The van der Waals surface area contributed by atoms with E-state index in [1.54, 1.807) is 6.20 Å². The molecule has 0 radical (unpaired) electrons. The molecule has 8 nitrogen and oxygen atoms in total. The summed E-state index contributed by atoms with van der Waals surface area (Å²) in [6, 6.07) is 5.93. The first-order chi connectivity index (χ1) is 17.3. The van der Waals surface area contributed by atoms with Crippen molar-refractivity contribution < 1.29 is 18.7 Å². The van der Waals surface area contributed by atoms with Crippen molar-refractivity contribution in [2.24, 2.45) is 7.05 Å². The molecule has 1 amide bonds. The number of hydrogen-bond donors (Lipinski definition) is 1. The molecular formula is C28H40N4O4Si.